The first-order valence-electron chi connectivity index (χ1n) is 1.59. The van der Waals surface area contributed by atoms with Crippen molar-refractivity contribution in [3.63, 3.8) is 0 Å². The third kappa shape index (κ3) is 3.19. The number of hydrogen-bond acceptors (Lipinski definition) is 1. The van der Waals surface area contributed by atoms with Gasteiger partial charge in [0.1, 0.15) is 0 Å². The molecule has 0 heterocycles. The number of aliphatic imine (C=N–C) groups is 1. The molecule has 6 heavy (non-hydrogen) atoms. The molecule has 0 rings (SSSR count). The number of hydrogen-bond donors (Lipinski definition) is 1. The van der Waals surface area contributed by atoms with Crippen LogP contribution in [0.2, 0.25) is 0 Å². The molecule has 0 bridgehead atoms. The van der Waals surface area contributed by atoms with Gasteiger partial charge in [-0.05, 0) is 0 Å². The first-order valence-corrected chi connectivity index (χ1v) is 5.46. The predicted octanol–water partition coefficient (Wildman–Crippen LogP) is 0.417. The van der Waals surface area contributed by atoms with Crippen molar-refractivity contribution < 1.29 is 28.7 Å². The standard InChI is InChI=1S/C2H4NS.CH2.Y/c1-3-2-4;;/h1H3,(H,3,4);1H2;. The van der Waals surface area contributed by atoms with Crippen LogP contribution >= 0.6 is 12.6 Å². The molecule has 1 nitrogen and oxygen atoms in total. The van der Waals surface area contributed by atoms with Crippen LogP contribution < -0.4 is 0 Å². The van der Waals surface area contributed by atoms with Gasteiger partial charge in [-0.2, -0.15) is 0 Å². The zero-order valence-electron chi connectivity index (χ0n) is 3.68. The fraction of sp³-hybridized carbons (Fsp3) is 0.333. The summed E-state index contributed by atoms with van der Waals surface area (Å²) in [5.41, 5.74) is 0. The molecular formula is C3H6NSY. The van der Waals surface area contributed by atoms with E-state index in [2.05, 4.69) is 20.9 Å². The Morgan fingerprint density at radius 2 is 2.50 bits per heavy atom. The van der Waals surface area contributed by atoms with Crippen molar-refractivity contribution in [2.75, 3.05) is 7.05 Å². The molecule has 0 aliphatic heterocycles. The molecule has 0 aromatic carbocycles. The SMILES string of the molecule is [CH2]=[Y]/[C](S)=N\C. The molecule has 0 aromatic rings. The number of rotatable bonds is 1. The molecule has 0 aromatic heterocycles. The van der Waals surface area contributed by atoms with Gasteiger partial charge in [0.05, 0.1) is 0 Å². The number of nitrogens with zero attached hydrogens (tertiary/aromatic N) is 1. The van der Waals surface area contributed by atoms with E-state index >= 15 is 0 Å². The Bertz CT molecular complexity index is 78.9. The molecule has 0 aliphatic carbocycles. The fourth-order valence-electron chi connectivity index (χ4n) is 0.0913. The van der Waals surface area contributed by atoms with Crippen LogP contribution in [0, 0.1) is 0 Å². The van der Waals surface area contributed by atoms with E-state index in [1.165, 1.54) is 0 Å². The van der Waals surface area contributed by atoms with Crippen LogP contribution in [0.25, 0.3) is 0 Å². The summed E-state index contributed by atoms with van der Waals surface area (Å²) in [6, 6.07) is 0. The van der Waals surface area contributed by atoms with Crippen LogP contribution in [0.15, 0.2) is 4.99 Å². The number of thiol groups is 1. The van der Waals surface area contributed by atoms with E-state index in [0.29, 0.717) is 0 Å². The second kappa shape index (κ2) is 4.16. The maximum atomic E-state index is 4.00. The van der Waals surface area contributed by atoms with Crippen LogP contribution in [0.5, 0.6) is 0 Å². The summed E-state index contributed by atoms with van der Waals surface area (Å²) in [6.45, 7) is 0. The van der Waals surface area contributed by atoms with Gasteiger partial charge in [0.25, 0.3) is 0 Å². The Kier molecular flexibility index (Phi) is 4.85. The van der Waals surface area contributed by atoms with Crippen molar-refractivity contribution in [3.8, 4) is 0 Å². The monoisotopic (exact) mass is 177 g/mol. The molecule has 0 spiro atoms. The van der Waals surface area contributed by atoms with E-state index in [1.54, 1.807) is 7.05 Å². The first kappa shape index (κ1) is 6.99. The van der Waals surface area contributed by atoms with Gasteiger partial charge >= 0.3 is 58.5 Å². The summed E-state index contributed by atoms with van der Waals surface area (Å²) in [4.78, 5) is 3.81. The molecule has 0 fully saturated rings. The van der Waals surface area contributed by atoms with Crippen molar-refractivity contribution in [2.24, 2.45) is 4.99 Å². The van der Waals surface area contributed by atoms with Crippen molar-refractivity contribution >= 4 is 17.8 Å². The minimum absolute atomic E-state index is 0.662. The van der Waals surface area contributed by atoms with Gasteiger partial charge in [-0.15, -0.1) is 0 Å². The predicted molar refractivity (Wildman–Crippen MR) is 29.5 cm³/mol. The molecular weight excluding hydrogens is 171 g/mol. The summed E-state index contributed by atoms with van der Waals surface area (Å²) in [7, 11) is 1.75. The maximum absolute atomic E-state index is 4.00. The summed E-state index contributed by atoms with van der Waals surface area (Å²) >= 11 is 3.34. The van der Waals surface area contributed by atoms with Crippen LogP contribution in [0.3, 0.4) is 0 Å². The Morgan fingerprint density at radius 3 is 2.50 bits per heavy atom. The Hall–Kier alpha value is 0.994. The van der Waals surface area contributed by atoms with Gasteiger partial charge in [-0.1, -0.05) is 0 Å². The second-order valence-corrected chi connectivity index (χ2v) is 4.79. The van der Waals surface area contributed by atoms with E-state index in [-0.39, 0.29) is 0 Å². The van der Waals surface area contributed by atoms with E-state index < -0.39 is 28.7 Å². The van der Waals surface area contributed by atoms with Crippen LogP contribution in [-0.2, 0) is 28.7 Å². The molecule has 3 heteroatoms. The fourth-order valence-corrected chi connectivity index (χ4v) is 0.540. The van der Waals surface area contributed by atoms with Gasteiger partial charge in [0.2, 0.25) is 0 Å². The summed E-state index contributed by atoms with van der Waals surface area (Å²) in [5, 5.41) is 0. The van der Waals surface area contributed by atoms with Gasteiger partial charge in [-0.3, -0.25) is 0 Å². The summed E-state index contributed by atoms with van der Waals surface area (Å²) < 4.78 is 4.73. The summed E-state index contributed by atoms with van der Waals surface area (Å²) in [6.07, 6.45) is 0. The Labute approximate surface area is 58.1 Å². The average Bonchev–Trinajstić information content (AvgIpc) is 1.65. The molecule has 0 amide bonds. The van der Waals surface area contributed by atoms with E-state index in [4.69, 9.17) is 0 Å². The van der Waals surface area contributed by atoms with Gasteiger partial charge in [0.15, 0.2) is 0 Å². The molecule has 32 valence electrons. The minimum atomic E-state index is -0.662. The van der Waals surface area contributed by atoms with Crippen LogP contribution in [0.4, 0.5) is 0 Å². The molecule has 0 saturated heterocycles. The van der Waals surface area contributed by atoms with Crippen molar-refractivity contribution in [3.05, 3.63) is 0 Å². The quantitative estimate of drug-likeness (QED) is 0.338. The molecule has 0 radical (unpaired) electrons. The molecule has 0 unspecified atom stereocenters. The topological polar surface area (TPSA) is 12.4 Å². The normalized spacial score (nSPS) is 10.7. The molecule has 0 N–H and O–H groups in total. The van der Waals surface area contributed by atoms with Crippen LogP contribution in [0.1, 0.15) is 0 Å². The van der Waals surface area contributed by atoms with Gasteiger partial charge in [0, 0.05) is 0 Å². The Balaban J connectivity index is 3.50. The Morgan fingerprint density at radius 1 is 2.00 bits per heavy atom. The summed E-state index contributed by atoms with van der Waals surface area (Å²) in [5.74, 6) is 0. The van der Waals surface area contributed by atoms with Gasteiger partial charge in [-0.25, -0.2) is 0 Å². The van der Waals surface area contributed by atoms with E-state index in [1.807, 2.05) is 0 Å². The molecule has 0 atom stereocenters. The van der Waals surface area contributed by atoms with E-state index in [9.17, 15) is 0 Å². The first-order chi connectivity index (χ1) is 2.81. The zero-order valence-corrected chi connectivity index (χ0v) is 7.41. The second-order valence-electron chi connectivity index (χ2n) is 0.786. The molecule has 0 aliphatic rings. The van der Waals surface area contributed by atoms with Crippen molar-refractivity contribution in [2.45, 2.75) is 0 Å². The van der Waals surface area contributed by atoms with Crippen molar-refractivity contribution in [1.29, 1.82) is 0 Å². The average molecular weight is 177 g/mol. The van der Waals surface area contributed by atoms with Crippen LogP contribution in [-0.4, -0.2) is 12.2 Å². The third-order valence-corrected chi connectivity index (χ3v) is 3.22. The molecule has 0 saturated carbocycles. The third-order valence-electron chi connectivity index (χ3n) is 0.412. The van der Waals surface area contributed by atoms with E-state index in [0.717, 1.165) is 1.85 Å². The van der Waals surface area contributed by atoms with Gasteiger partial charge < -0.3 is 0 Å². The zero-order chi connectivity index (χ0) is 4.99. The van der Waals surface area contributed by atoms with Crippen molar-refractivity contribution in [1.82, 2.24) is 0 Å².